The van der Waals surface area contributed by atoms with Crippen LogP contribution in [0.2, 0.25) is 10.2 Å². The van der Waals surface area contributed by atoms with Crippen LogP contribution in [0.1, 0.15) is 5.56 Å². The predicted molar refractivity (Wildman–Crippen MR) is 50.9 cm³/mol. The van der Waals surface area contributed by atoms with Crippen LogP contribution < -0.4 is 0 Å². The zero-order valence-corrected chi connectivity index (χ0v) is 7.87. The van der Waals surface area contributed by atoms with Gasteiger partial charge in [-0.1, -0.05) is 29.3 Å². The van der Waals surface area contributed by atoms with Crippen LogP contribution in [-0.4, -0.2) is 10.2 Å². The van der Waals surface area contributed by atoms with E-state index >= 15 is 0 Å². The monoisotopic (exact) mass is 200 g/mol. The van der Waals surface area contributed by atoms with Gasteiger partial charge in [0, 0.05) is 0 Å². The van der Waals surface area contributed by atoms with Gasteiger partial charge in [-0.25, -0.2) is 0 Å². The zero-order chi connectivity index (χ0) is 8.72. The summed E-state index contributed by atoms with van der Waals surface area (Å²) in [6, 6.07) is 3.81. The molecule has 1 heterocycles. The van der Waals surface area contributed by atoms with E-state index in [-0.39, 0.29) is 0 Å². The Bertz CT molecular complexity index is 434. The van der Waals surface area contributed by atoms with E-state index in [1.54, 1.807) is 0 Å². The quantitative estimate of drug-likeness (QED) is 0.696. The molecule has 0 saturated carbocycles. The van der Waals surface area contributed by atoms with Gasteiger partial charge in [-0.05, 0) is 18.6 Å². The minimum Gasteiger partial charge on any atom is -0.266 e. The third kappa shape index (κ3) is 0.993. The highest BCUT2D eigenvalue weighted by molar-refractivity contribution is 6.41. The van der Waals surface area contributed by atoms with E-state index in [1.807, 2.05) is 19.1 Å². The highest BCUT2D eigenvalue weighted by Crippen LogP contribution is 2.30. The molecule has 0 aliphatic carbocycles. The topological polar surface area (TPSA) is 28.7 Å². The summed E-state index contributed by atoms with van der Waals surface area (Å²) in [5, 5.41) is 8.63. The van der Waals surface area contributed by atoms with Gasteiger partial charge in [0.1, 0.15) is 5.15 Å². The van der Waals surface area contributed by atoms with Gasteiger partial charge in [-0.2, -0.15) is 5.10 Å². The number of rotatable bonds is 0. The van der Waals surface area contributed by atoms with E-state index in [0.29, 0.717) is 10.2 Å². The smallest absolute Gasteiger partial charge is 0.133 e. The summed E-state index contributed by atoms with van der Waals surface area (Å²) in [6.07, 6.45) is 0. The summed E-state index contributed by atoms with van der Waals surface area (Å²) in [6.45, 7) is 1.94. The number of hydrogen-bond donors (Lipinski definition) is 1. The number of hydrogen-bond acceptors (Lipinski definition) is 1. The van der Waals surface area contributed by atoms with Crippen LogP contribution in [0.15, 0.2) is 12.1 Å². The largest absolute Gasteiger partial charge is 0.266 e. The first kappa shape index (κ1) is 7.90. The molecule has 1 N–H and O–H groups in total. The molecule has 0 atom stereocenters. The van der Waals surface area contributed by atoms with Crippen molar-refractivity contribution in [3.8, 4) is 0 Å². The molecule has 2 aromatic rings. The zero-order valence-electron chi connectivity index (χ0n) is 6.36. The van der Waals surface area contributed by atoms with Crippen LogP contribution in [0.4, 0.5) is 0 Å². The van der Waals surface area contributed by atoms with Gasteiger partial charge in [-0.15, -0.1) is 0 Å². The summed E-state index contributed by atoms with van der Waals surface area (Å²) in [5.41, 5.74) is 1.81. The molecule has 12 heavy (non-hydrogen) atoms. The highest BCUT2D eigenvalue weighted by Gasteiger charge is 2.08. The van der Waals surface area contributed by atoms with E-state index in [0.717, 1.165) is 16.5 Å². The fraction of sp³-hybridized carbons (Fsp3) is 0.125. The predicted octanol–water partition coefficient (Wildman–Crippen LogP) is 3.18. The molecule has 2 rings (SSSR count). The van der Waals surface area contributed by atoms with Crippen molar-refractivity contribution >= 4 is 34.1 Å². The molecule has 62 valence electrons. The molecule has 0 aliphatic rings. The van der Waals surface area contributed by atoms with Gasteiger partial charge in [-0.3, -0.25) is 5.10 Å². The average Bonchev–Trinajstić information content (AvgIpc) is 2.41. The van der Waals surface area contributed by atoms with Crippen molar-refractivity contribution < 1.29 is 0 Å². The number of nitrogens with zero attached hydrogens (tertiary/aromatic N) is 1. The number of aromatic amines is 1. The summed E-state index contributed by atoms with van der Waals surface area (Å²) in [5.74, 6) is 0. The minimum atomic E-state index is 0.499. The maximum Gasteiger partial charge on any atom is 0.133 e. The lowest BCUT2D eigenvalue weighted by Crippen LogP contribution is -1.75. The summed E-state index contributed by atoms with van der Waals surface area (Å²) in [7, 11) is 0. The minimum absolute atomic E-state index is 0.499. The summed E-state index contributed by atoms with van der Waals surface area (Å²) < 4.78 is 0. The van der Waals surface area contributed by atoms with Crippen molar-refractivity contribution in [3.63, 3.8) is 0 Å². The van der Waals surface area contributed by atoms with Crippen molar-refractivity contribution in [2.75, 3.05) is 0 Å². The fourth-order valence-electron chi connectivity index (χ4n) is 1.14. The van der Waals surface area contributed by atoms with Crippen molar-refractivity contribution in [2.45, 2.75) is 6.92 Å². The van der Waals surface area contributed by atoms with Gasteiger partial charge >= 0.3 is 0 Å². The van der Waals surface area contributed by atoms with Crippen molar-refractivity contribution in [3.05, 3.63) is 27.9 Å². The number of aryl methyl sites for hydroxylation is 1. The molecule has 0 unspecified atom stereocenters. The second kappa shape index (κ2) is 2.64. The molecule has 0 aliphatic heterocycles. The maximum atomic E-state index is 6.03. The van der Waals surface area contributed by atoms with Crippen molar-refractivity contribution in [1.82, 2.24) is 10.2 Å². The second-order valence-corrected chi connectivity index (χ2v) is 3.38. The molecular weight excluding hydrogens is 195 g/mol. The first-order valence-electron chi connectivity index (χ1n) is 3.49. The lowest BCUT2D eigenvalue weighted by atomic mass is 10.2. The molecule has 1 aromatic heterocycles. The molecule has 0 fully saturated rings. The number of fused-ring (bicyclic) bond motifs is 1. The summed E-state index contributed by atoms with van der Waals surface area (Å²) >= 11 is 11.9. The normalized spacial score (nSPS) is 10.9. The second-order valence-electron chi connectivity index (χ2n) is 2.63. The van der Waals surface area contributed by atoms with Crippen LogP contribution in [0.5, 0.6) is 0 Å². The standard InChI is InChI=1S/C8H6Cl2N2/c1-4-2-3-5-6(7(4)9)8(10)12-11-5/h2-3H,1H3,(H,11,12). The third-order valence-electron chi connectivity index (χ3n) is 1.81. The number of H-pyrrole nitrogens is 1. The van der Waals surface area contributed by atoms with Gasteiger partial charge in [0.05, 0.1) is 15.9 Å². The van der Waals surface area contributed by atoms with Crippen LogP contribution in [0.3, 0.4) is 0 Å². The molecule has 4 heteroatoms. The fourth-order valence-corrected chi connectivity index (χ4v) is 1.67. The van der Waals surface area contributed by atoms with E-state index in [9.17, 15) is 0 Å². The van der Waals surface area contributed by atoms with Crippen molar-refractivity contribution in [1.29, 1.82) is 0 Å². The first-order chi connectivity index (χ1) is 5.70. The Labute approximate surface area is 79.5 Å². The number of halogens is 2. The average molecular weight is 201 g/mol. The van der Waals surface area contributed by atoms with E-state index in [1.165, 1.54) is 0 Å². The number of aromatic nitrogens is 2. The van der Waals surface area contributed by atoms with Gasteiger partial charge in [0.15, 0.2) is 0 Å². The lowest BCUT2D eigenvalue weighted by Gasteiger charge is -1.97. The molecular formula is C8H6Cl2N2. The third-order valence-corrected chi connectivity index (χ3v) is 2.57. The molecule has 0 saturated heterocycles. The Morgan fingerprint density at radius 1 is 1.33 bits per heavy atom. The van der Waals surface area contributed by atoms with Crippen LogP contribution in [0.25, 0.3) is 10.9 Å². The van der Waals surface area contributed by atoms with Crippen LogP contribution in [-0.2, 0) is 0 Å². The molecule has 0 spiro atoms. The van der Waals surface area contributed by atoms with Gasteiger partial charge in [0.25, 0.3) is 0 Å². The molecule has 2 nitrogen and oxygen atoms in total. The number of nitrogens with one attached hydrogen (secondary N) is 1. The molecule has 0 radical (unpaired) electrons. The van der Waals surface area contributed by atoms with Crippen molar-refractivity contribution in [2.24, 2.45) is 0 Å². The summed E-state index contributed by atoms with van der Waals surface area (Å²) in [4.78, 5) is 0. The Kier molecular flexibility index (Phi) is 1.74. The molecule has 1 aromatic carbocycles. The van der Waals surface area contributed by atoms with Crippen LogP contribution >= 0.6 is 23.2 Å². The Morgan fingerprint density at radius 2 is 2.08 bits per heavy atom. The molecule has 0 amide bonds. The Balaban J connectivity index is 2.96. The number of benzene rings is 1. The van der Waals surface area contributed by atoms with E-state index < -0.39 is 0 Å². The SMILES string of the molecule is Cc1ccc2n[nH]c(Cl)c2c1Cl. The van der Waals surface area contributed by atoms with E-state index in [2.05, 4.69) is 10.2 Å². The maximum absolute atomic E-state index is 6.03. The van der Waals surface area contributed by atoms with Crippen LogP contribution in [0, 0.1) is 6.92 Å². The van der Waals surface area contributed by atoms with Gasteiger partial charge in [0.2, 0.25) is 0 Å². The van der Waals surface area contributed by atoms with Gasteiger partial charge < -0.3 is 0 Å². The van der Waals surface area contributed by atoms with E-state index in [4.69, 9.17) is 23.2 Å². The molecule has 0 bridgehead atoms. The highest BCUT2D eigenvalue weighted by atomic mass is 35.5. The first-order valence-corrected chi connectivity index (χ1v) is 4.24. The Morgan fingerprint density at radius 3 is 2.83 bits per heavy atom. The Hall–Kier alpha value is -0.730. The lowest BCUT2D eigenvalue weighted by molar-refractivity contribution is 1.12.